The zero-order valence-corrected chi connectivity index (χ0v) is 11.3. The third kappa shape index (κ3) is 2.24. The Morgan fingerprint density at radius 1 is 1.00 bits per heavy atom. The van der Waals surface area contributed by atoms with Crippen molar-refractivity contribution in [2.24, 2.45) is 0 Å². The van der Waals surface area contributed by atoms with Crippen LogP contribution in [0, 0.1) is 0 Å². The quantitative estimate of drug-likeness (QED) is 0.685. The van der Waals surface area contributed by atoms with E-state index in [-0.39, 0.29) is 17.9 Å². The monoisotopic (exact) mass is 302 g/mol. The number of carbonyl (C=O) groups is 1. The number of Topliss-reactive ketones (excluding diaryl/α,β-unsaturated/α-hetero) is 1. The summed E-state index contributed by atoms with van der Waals surface area (Å²) in [6.45, 7) is 0. The molecule has 3 heteroatoms. The van der Waals surface area contributed by atoms with Crippen LogP contribution in [0.25, 0.3) is 0 Å². The summed E-state index contributed by atoms with van der Waals surface area (Å²) < 4.78 is 1.07. The number of halogens is 1. The molecule has 0 amide bonds. The van der Waals surface area contributed by atoms with E-state index >= 15 is 0 Å². The van der Waals surface area contributed by atoms with Crippen LogP contribution < -0.4 is 5.32 Å². The van der Waals surface area contributed by atoms with E-state index in [1.165, 1.54) is 5.56 Å². The van der Waals surface area contributed by atoms with Gasteiger partial charge in [-0.15, -0.1) is 0 Å². The molecule has 2 aromatic rings. The summed E-state index contributed by atoms with van der Waals surface area (Å²) in [6, 6.07) is 18.0. The third-order valence-electron chi connectivity index (χ3n) is 3.28. The summed E-state index contributed by atoms with van der Waals surface area (Å²) in [5, 5.41) is 2.11. The highest BCUT2D eigenvalue weighted by Crippen LogP contribution is 2.24. The van der Waals surface area contributed by atoms with E-state index in [1.807, 2.05) is 42.5 Å². The lowest BCUT2D eigenvalue weighted by Gasteiger charge is -1.95. The lowest BCUT2D eigenvalue weighted by atomic mass is 10.0. The summed E-state index contributed by atoms with van der Waals surface area (Å²) in [5.74, 6) is 0.225. The molecular formula is C15H13BrNO+. The Labute approximate surface area is 114 Å². The van der Waals surface area contributed by atoms with Gasteiger partial charge in [0.1, 0.15) is 0 Å². The molecule has 1 saturated heterocycles. The van der Waals surface area contributed by atoms with Gasteiger partial charge in [0.05, 0.1) is 0 Å². The molecule has 2 aromatic carbocycles. The molecule has 0 bridgehead atoms. The summed E-state index contributed by atoms with van der Waals surface area (Å²) in [7, 11) is 0. The van der Waals surface area contributed by atoms with Crippen molar-refractivity contribution in [2.75, 3.05) is 0 Å². The molecule has 2 nitrogen and oxygen atoms in total. The second-order valence-corrected chi connectivity index (χ2v) is 5.44. The Kier molecular flexibility index (Phi) is 3.02. The third-order valence-corrected chi connectivity index (χ3v) is 3.81. The molecule has 2 atom stereocenters. The SMILES string of the molecule is O=C(c1ccccc1)[C@@H]1[NH2+][C@@H]1c1ccc(Br)cc1. The molecule has 18 heavy (non-hydrogen) atoms. The van der Waals surface area contributed by atoms with Crippen LogP contribution in [0.4, 0.5) is 0 Å². The van der Waals surface area contributed by atoms with Crippen LogP contribution in [0.15, 0.2) is 59.1 Å². The average Bonchev–Trinajstić information content (AvgIpc) is 3.20. The number of hydrogen-bond donors (Lipinski definition) is 1. The molecule has 0 unspecified atom stereocenters. The smallest absolute Gasteiger partial charge is 0.226 e. The number of benzene rings is 2. The number of rotatable bonds is 3. The number of quaternary nitrogens is 1. The van der Waals surface area contributed by atoms with Crippen molar-refractivity contribution in [1.82, 2.24) is 0 Å². The predicted molar refractivity (Wildman–Crippen MR) is 73.4 cm³/mol. The van der Waals surface area contributed by atoms with E-state index < -0.39 is 0 Å². The number of carbonyl (C=O) groups excluding carboxylic acids is 1. The van der Waals surface area contributed by atoms with Crippen LogP contribution in [-0.4, -0.2) is 11.8 Å². The number of nitrogens with two attached hydrogens (primary N) is 1. The maximum Gasteiger partial charge on any atom is 0.226 e. The molecule has 90 valence electrons. The molecule has 1 aliphatic heterocycles. The highest BCUT2D eigenvalue weighted by molar-refractivity contribution is 9.10. The Hall–Kier alpha value is -1.45. The van der Waals surface area contributed by atoms with Crippen molar-refractivity contribution >= 4 is 21.7 Å². The summed E-state index contributed by atoms with van der Waals surface area (Å²) in [5.41, 5.74) is 2.02. The highest BCUT2D eigenvalue weighted by atomic mass is 79.9. The van der Waals surface area contributed by atoms with Crippen molar-refractivity contribution < 1.29 is 10.1 Å². The van der Waals surface area contributed by atoms with E-state index in [0.29, 0.717) is 0 Å². The van der Waals surface area contributed by atoms with Crippen LogP contribution >= 0.6 is 15.9 Å². The molecule has 0 aromatic heterocycles. The first-order valence-electron chi connectivity index (χ1n) is 5.95. The Morgan fingerprint density at radius 3 is 2.33 bits per heavy atom. The van der Waals surface area contributed by atoms with Crippen molar-refractivity contribution in [2.45, 2.75) is 12.1 Å². The highest BCUT2D eigenvalue weighted by Gasteiger charge is 2.50. The van der Waals surface area contributed by atoms with Gasteiger partial charge in [-0.2, -0.15) is 0 Å². The first kappa shape index (κ1) is 11.6. The van der Waals surface area contributed by atoms with Gasteiger partial charge in [0.15, 0.2) is 6.04 Å². The maximum atomic E-state index is 12.2. The number of hydrogen-bond acceptors (Lipinski definition) is 1. The van der Waals surface area contributed by atoms with E-state index in [0.717, 1.165) is 10.0 Å². The molecule has 0 saturated carbocycles. The van der Waals surface area contributed by atoms with Crippen LogP contribution in [-0.2, 0) is 0 Å². The minimum absolute atomic E-state index is 0.0496. The van der Waals surface area contributed by atoms with E-state index in [1.54, 1.807) is 0 Å². The lowest BCUT2D eigenvalue weighted by molar-refractivity contribution is -0.511. The summed E-state index contributed by atoms with van der Waals surface area (Å²) in [6.07, 6.45) is 0. The maximum absolute atomic E-state index is 12.2. The first-order valence-corrected chi connectivity index (χ1v) is 6.75. The Bertz CT molecular complexity index is 565. The molecule has 3 rings (SSSR count). The average molecular weight is 303 g/mol. The zero-order chi connectivity index (χ0) is 12.5. The van der Waals surface area contributed by atoms with Crippen LogP contribution in [0.1, 0.15) is 22.0 Å². The summed E-state index contributed by atoms with van der Waals surface area (Å²) >= 11 is 3.42. The van der Waals surface area contributed by atoms with Crippen molar-refractivity contribution in [3.8, 4) is 0 Å². The topological polar surface area (TPSA) is 33.7 Å². The Balaban J connectivity index is 1.75. The fourth-order valence-corrected chi connectivity index (χ4v) is 2.47. The minimum atomic E-state index is 0.0496. The Morgan fingerprint density at radius 2 is 1.67 bits per heavy atom. The molecule has 0 aliphatic carbocycles. The molecule has 1 aliphatic rings. The molecule has 2 N–H and O–H groups in total. The van der Waals surface area contributed by atoms with Crippen LogP contribution in [0.5, 0.6) is 0 Å². The minimum Gasteiger partial charge on any atom is -0.320 e. The lowest BCUT2D eigenvalue weighted by Crippen LogP contribution is -2.62. The van der Waals surface area contributed by atoms with E-state index in [4.69, 9.17) is 0 Å². The van der Waals surface area contributed by atoms with E-state index in [2.05, 4.69) is 33.4 Å². The van der Waals surface area contributed by atoms with E-state index in [9.17, 15) is 4.79 Å². The van der Waals surface area contributed by atoms with Gasteiger partial charge in [-0.3, -0.25) is 4.79 Å². The first-order chi connectivity index (χ1) is 8.75. The predicted octanol–water partition coefficient (Wildman–Crippen LogP) is 2.32. The molecular weight excluding hydrogens is 290 g/mol. The molecule has 0 spiro atoms. The van der Waals surface area contributed by atoms with Crippen LogP contribution in [0.3, 0.4) is 0 Å². The molecule has 1 fully saturated rings. The normalized spacial score (nSPS) is 21.6. The fraction of sp³-hybridized carbons (Fsp3) is 0.133. The molecule has 1 heterocycles. The number of ketones is 1. The van der Waals surface area contributed by atoms with Gasteiger partial charge >= 0.3 is 0 Å². The standard InChI is InChI=1S/C15H12BrNO/c16-12-8-6-10(7-9-12)13-14(17-13)15(18)11-4-2-1-3-5-11/h1-9,13-14,17H/p+1/t13-,14-/m1/s1. The van der Waals surface area contributed by atoms with Crippen molar-refractivity contribution in [3.63, 3.8) is 0 Å². The van der Waals surface area contributed by atoms with Gasteiger partial charge in [0.2, 0.25) is 11.8 Å². The van der Waals surface area contributed by atoms with Gasteiger partial charge < -0.3 is 5.32 Å². The van der Waals surface area contributed by atoms with Crippen LogP contribution in [0.2, 0.25) is 0 Å². The van der Waals surface area contributed by atoms with Gasteiger partial charge in [0.25, 0.3) is 0 Å². The van der Waals surface area contributed by atoms with Crippen molar-refractivity contribution in [3.05, 3.63) is 70.2 Å². The summed E-state index contributed by atoms with van der Waals surface area (Å²) in [4.78, 5) is 12.2. The van der Waals surface area contributed by atoms with Gasteiger partial charge in [-0.05, 0) is 12.1 Å². The van der Waals surface area contributed by atoms with Gasteiger partial charge in [-0.1, -0.05) is 58.4 Å². The molecule has 0 radical (unpaired) electrons. The van der Waals surface area contributed by atoms with Crippen molar-refractivity contribution in [1.29, 1.82) is 0 Å². The second kappa shape index (κ2) is 4.67. The van der Waals surface area contributed by atoms with Gasteiger partial charge in [-0.25, -0.2) is 0 Å². The second-order valence-electron chi connectivity index (χ2n) is 4.53. The zero-order valence-electron chi connectivity index (χ0n) is 9.71. The fourth-order valence-electron chi connectivity index (χ4n) is 2.21. The largest absolute Gasteiger partial charge is 0.320 e. The van der Waals surface area contributed by atoms with Gasteiger partial charge in [0, 0.05) is 15.6 Å².